The Morgan fingerprint density at radius 3 is 2.10 bits per heavy atom. The van der Waals surface area contributed by atoms with Crippen LogP contribution in [0.2, 0.25) is 0 Å². The lowest BCUT2D eigenvalue weighted by Crippen LogP contribution is -2.41. The fourth-order valence-electron chi connectivity index (χ4n) is 2.82. The van der Waals surface area contributed by atoms with Gasteiger partial charge in [-0.05, 0) is 64.5 Å². The van der Waals surface area contributed by atoms with E-state index in [4.69, 9.17) is 9.31 Å². The Balaban J connectivity index is 2.04. The highest BCUT2D eigenvalue weighted by Gasteiger charge is 2.54. The van der Waals surface area contributed by atoms with Crippen molar-refractivity contribution in [2.45, 2.75) is 71.0 Å². The van der Waals surface area contributed by atoms with E-state index in [-0.39, 0.29) is 23.7 Å². The molecule has 2 heterocycles. The lowest BCUT2D eigenvalue weighted by Gasteiger charge is -2.32. The highest BCUT2D eigenvalue weighted by Crippen LogP contribution is 2.47. The molecule has 2 fully saturated rings. The van der Waals surface area contributed by atoms with Crippen molar-refractivity contribution in [3.63, 3.8) is 0 Å². The van der Waals surface area contributed by atoms with Gasteiger partial charge in [-0.15, -0.1) is 0 Å². The van der Waals surface area contributed by atoms with Crippen LogP contribution in [0, 0.1) is 6.92 Å². The molecule has 1 aliphatic heterocycles. The van der Waals surface area contributed by atoms with Gasteiger partial charge in [0.15, 0.2) is 0 Å². The molecule has 1 saturated carbocycles. The van der Waals surface area contributed by atoms with E-state index < -0.39 is 0 Å². The molecule has 4 heteroatoms. The van der Waals surface area contributed by atoms with E-state index >= 15 is 0 Å². The molecule has 1 aromatic rings. The Labute approximate surface area is 122 Å². The van der Waals surface area contributed by atoms with Crippen LogP contribution in [-0.2, 0) is 14.7 Å². The summed E-state index contributed by atoms with van der Waals surface area (Å²) in [5, 5.41) is 0. The molecule has 0 amide bonds. The predicted molar refractivity (Wildman–Crippen MR) is 81.3 cm³/mol. The van der Waals surface area contributed by atoms with Crippen molar-refractivity contribution in [3.8, 4) is 0 Å². The molecule has 1 aromatic heterocycles. The third-order valence-electron chi connectivity index (χ3n) is 5.33. The molecule has 2 aliphatic rings. The molecule has 0 unspecified atom stereocenters. The molecule has 0 spiro atoms. The summed E-state index contributed by atoms with van der Waals surface area (Å²) in [5.41, 5.74) is 3.19. The Hall–Kier alpha value is -0.865. The van der Waals surface area contributed by atoms with Gasteiger partial charge in [-0.1, -0.05) is 6.92 Å². The van der Waals surface area contributed by atoms with Gasteiger partial charge in [0.2, 0.25) is 0 Å². The topological polar surface area (TPSA) is 31.4 Å². The second-order valence-electron chi connectivity index (χ2n) is 7.51. The summed E-state index contributed by atoms with van der Waals surface area (Å²) in [4.78, 5) is 4.46. The number of aryl methyl sites for hydroxylation is 1. The van der Waals surface area contributed by atoms with Crippen molar-refractivity contribution in [1.29, 1.82) is 0 Å². The van der Waals surface area contributed by atoms with Crippen molar-refractivity contribution in [3.05, 3.63) is 23.5 Å². The van der Waals surface area contributed by atoms with Crippen molar-refractivity contribution in [2.24, 2.45) is 0 Å². The van der Waals surface area contributed by atoms with E-state index in [9.17, 15) is 0 Å². The van der Waals surface area contributed by atoms with Gasteiger partial charge in [-0.2, -0.15) is 0 Å². The monoisotopic (exact) mass is 273 g/mol. The first-order valence-corrected chi connectivity index (χ1v) is 7.48. The Morgan fingerprint density at radius 1 is 1.05 bits per heavy atom. The lowest BCUT2D eigenvalue weighted by atomic mass is 9.71. The number of hydrogen-bond acceptors (Lipinski definition) is 3. The Kier molecular flexibility index (Phi) is 2.87. The van der Waals surface area contributed by atoms with Gasteiger partial charge >= 0.3 is 7.12 Å². The van der Waals surface area contributed by atoms with Crippen LogP contribution in [0.4, 0.5) is 0 Å². The van der Waals surface area contributed by atoms with E-state index in [1.807, 2.05) is 6.20 Å². The number of aromatic nitrogens is 1. The molecule has 3 rings (SSSR count). The standard InChI is InChI=1S/C16H24BNO2/c1-11-13(12(7-10-18-11)16(6)8-9-16)17-19-14(2,3)15(4,5)20-17/h7,10H,8-9H2,1-6H3. The van der Waals surface area contributed by atoms with Crippen LogP contribution in [0.25, 0.3) is 0 Å². The first-order chi connectivity index (χ1) is 9.16. The maximum atomic E-state index is 6.23. The van der Waals surface area contributed by atoms with E-state index in [0.29, 0.717) is 0 Å². The van der Waals surface area contributed by atoms with E-state index in [1.165, 1.54) is 18.4 Å². The number of hydrogen-bond donors (Lipinski definition) is 0. The van der Waals surface area contributed by atoms with Crippen LogP contribution >= 0.6 is 0 Å². The predicted octanol–water partition coefficient (Wildman–Crippen LogP) is 2.74. The number of nitrogens with zero attached hydrogens (tertiary/aromatic N) is 1. The minimum atomic E-state index is -0.305. The summed E-state index contributed by atoms with van der Waals surface area (Å²) in [7, 11) is -0.305. The molecule has 108 valence electrons. The molecule has 0 atom stereocenters. The van der Waals surface area contributed by atoms with Gasteiger partial charge in [0.25, 0.3) is 0 Å². The van der Waals surface area contributed by atoms with Gasteiger partial charge in [0.1, 0.15) is 0 Å². The molecule has 0 aromatic carbocycles. The summed E-state index contributed by atoms with van der Waals surface area (Å²) < 4.78 is 12.5. The molecule has 0 bridgehead atoms. The highest BCUT2D eigenvalue weighted by atomic mass is 16.7. The summed E-state index contributed by atoms with van der Waals surface area (Å²) >= 11 is 0. The average molecular weight is 273 g/mol. The van der Waals surface area contributed by atoms with Crippen LogP contribution in [0.15, 0.2) is 12.3 Å². The summed E-state index contributed by atoms with van der Waals surface area (Å²) in [5.74, 6) is 0. The van der Waals surface area contributed by atoms with Crippen molar-refractivity contribution in [1.82, 2.24) is 4.98 Å². The minimum Gasteiger partial charge on any atom is -0.399 e. The lowest BCUT2D eigenvalue weighted by molar-refractivity contribution is 0.00578. The summed E-state index contributed by atoms with van der Waals surface area (Å²) in [6, 6.07) is 2.14. The van der Waals surface area contributed by atoms with Crippen molar-refractivity contribution >= 4 is 12.6 Å². The van der Waals surface area contributed by atoms with Crippen LogP contribution in [0.3, 0.4) is 0 Å². The van der Waals surface area contributed by atoms with Gasteiger partial charge < -0.3 is 9.31 Å². The molecule has 20 heavy (non-hydrogen) atoms. The molecule has 1 saturated heterocycles. The van der Waals surface area contributed by atoms with Crippen molar-refractivity contribution in [2.75, 3.05) is 0 Å². The average Bonchev–Trinajstić information content (AvgIpc) is 3.01. The van der Waals surface area contributed by atoms with Gasteiger partial charge in [-0.25, -0.2) is 0 Å². The quantitative estimate of drug-likeness (QED) is 0.776. The van der Waals surface area contributed by atoms with Crippen LogP contribution < -0.4 is 5.46 Å². The van der Waals surface area contributed by atoms with Crippen LogP contribution in [0.1, 0.15) is 58.7 Å². The van der Waals surface area contributed by atoms with Gasteiger partial charge in [0.05, 0.1) is 11.2 Å². The fraction of sp³-hybridized carbons (Fsp3) is 0.688. The smallest absolute Gasteiger partial charge is 0.399 e. The third-order valence-corrected chi connectivity index (χ3v) is 5.33. The second kappa shape index (κ2) is 4.08. The minimum absolute atomic E-state index is 0.284. The van der Waals surface area contributed by atoms with Crippen LogP contribution in [-0.4, -0.2) is 23.3 Å². The maximum absolute atomic E-state index is 6.23. The Bertz CT molecular complexity index is 533. The highest BCUT2D eigenvalue weighted by molar-refractivity contribution is 6.63. The third kappa shape index (κ3) is 2.01. The second-order valence-corrected chi connectivity index (χ2v) is 7.51. The van der Waals surface area contributed by atoms with Gasteiger partial charge in [-0.3, -0.25) is 4.98 Å². The zero-order valence-corrected chi connectivity index (χ0v) is 13.4. The van der Waals surface area contributed by atoms with Crippen molar-refractivity contribution < 1.29 is 9.31 Å². The zero-order valence-electron chi connectivity index (χ0n) is 13.4. The van der Waals surface area contributed by atoms with Crippen LogP contribution in [0.5, 0.6) is 0 Å². The maximum Gasteiger partial charge on any atom is 0.497 e. The fourth-order valence-corrected chi connectivity index (χ4v) is 2.82. The molecule has 3 nitrogen and oxygen atoms in total. The molecule has 1 aliphatic carbocycles. The first kappa shape index (κ1) is 14.1. The summed E-state index contributed by atoms with van der Waals surface area (Å²) in [6.07, 6.45) is 4.38. The first-order valence-electron chi connectivity index (χ1n) is 7.48. The normalized spacial score (nSPS) is 25.8. The Morgan fingerprint density at radius 2 is 1.60 bits per heavy atom. The molecule has 0 radical (unpaired) electrons. The van der Waals surface area contributed by atoms with Gasteiger partial charge in [0, 0.05) is 17.4 Å². The zero-order chi connectivity index (χ0) is 14.8. The van der Waals surface area contributed by atoms with E-state index in [2.05, 4.69) is 52.6 Å². The SMILES string of the molecule is Cc1nccc(C2(C)CC2)c1B1OC(C)(C)C(C)(C)O1. The molecular weight excluding hydrogens is 249 g/mol. The molecular formula is C16H24BNO2. The number of rotatable bonds is 2. The van der Waals surface area contributed by atoms with E-state index in [1.54, 1.807) is 0 Å². The largest absolute Gasteiger partial charge is 0.497 e. The molecule has 0 N–H and O–H groups in total. The summed E-state index contributed by atoms with van der Waals surface area (Å²) in [6.45, 7) is 12.7. The number of pyridine rings is 1. The van der Waals surface area contributed by atoms with E-state index in [0.717, 1.165) is 11.2 Å².